The molecule has 0 spiro atoms. The number of carbonyl (C=O) groups excluding carboxylic acids is 2. The van der Waals surface area contributed by atoms with Gasteiger partial charge in [-0.05, 0) is 48.2 Å². The third-order valence-electron chi connectivity index (χ3n) is 5.33. The van der Waals surface area contributed by atoms with Crippen molar-refractivity contribution in [1.82, 2.24) is 10.2 Å². The molecular formula is C23H26ClFN2O2. The van der Waals surface area contributed by atoms with Gasteiger partial charge in [0.15, 0.2) is 0 Å². The SMILES string of the molecule is CC(C)CCNC(=O)C1CN(C(=O)c2cccc(Cl)c2)CC1c1ccc(F)cc1. The molecule has 3 rings (SSSR count). The van der Waals surface area contributed by atoms with E-state index in [1.54, 1.807) is 41.3 Å². The molecule has 2 aromatic rings. The average molecular weight is 417 g/mol. The van der Waals surface area contributed by atoms with Crippen LogP contribution in [0.3, 0.4) is 0 Å². The van der Waals surface area contributed by atoms with Gasteiger partial charge in [-0.2, -0.15) is 0 Å². The van der Waals surface area contributed by atoms with Crippen molar-refractivity contribution in [2.24, 2.45) is 11.8 Å². The summed E-state index contributed by atoms with van der Waals surface area (Å²) in [5.41, 5.74) is 1.35. The second-order valence-electron chi connectivity index (χ2n) is 7.96. The monoisotopic (exact) mass is 416 g/mol. The minimum Gasteiger partial charge on any atom is -0.356 e. The lowest BCUT2D eigenvalue weighted by molar-refractivity contribution is -0.124. The van der Waals surface area contributed by atoms with Gasteiger partial charge in [0.05, 0.1) is 5.92 Å². The Balaban J connectivity index is 1.80. The summed E-state index contributed by atoms with van der Waals surface area (Å²) in [4.78, 5) is 27.6. The number of nitrogens with one attached hydrogen (secondary N) is 1. The van der Waals surface area contributed by atoms with Gasteiger partial charge in [-0.25, -0.2) is 4.39 Å². The number of benzene rings is 2. The maximum Gasteiger partial charge on any atom is 0.253 e. The number of nitrogens with zero attached hydrogens (tertiary/aromatic N) is 1. The molecule has 1 heterocycles. The molecule has 0 aromatic heterocycles. The lowest BCUT2D eigenvalue weighted by Crippen LogP contribution is -2.36. The molecule has 29 heavy (non-hydrogen) atoms. The molecule has 0 bridgehead atoms. The van der Waals surface area contributed by atoms with Crippen molar-refractivity contribution >= 4 is 23.4 Å². The molecule has 6 heteroatoms. The first-order chi connectivity index (χ1) is 13.8. The highest BCUT2D eigenvalue weighted by Crippen LogP contribution is 2.34. The molecule has 1 aliphatic heterocycles. The number of carbonyl (C=O) groups is 2. The van der Waals surface area contributed by atoms with E-state index >= 15 is 0 Å². The molecule has 4 nitrogen and oxygen atoms in total. The summed E-state index contributed by atoms with van der Waals surface area (Å²) < 4.78 is 13.4. The summed E-state index contributed by atoms with van der Waals surface area (Å²) in [6.07, 6.45) is 0.894. The van der Waals surface area contributed by atoms with E-state index in [0.29, 0.717) is 36.1 Å². The number of amides is 2. The van der Waals surface area contributed by atoms with Gasteiger partial charge >= 0.3 is 0 Å². The predicted molar refractivity (Wildman–Crippen MR) is 112 cm³/mol. The molecule has 154 valence electrons. The normalized spacial score (nSPS) is 18.9. The van der Waals surface area contributed by atoms with Crippen LogP contribution in [0.2, 0.25) is 5.02 Å². The van der Waals surface area contributed by atoms with Crippen molar-refractivity contribution in [3.8, 4) is 0 Å². The molecule has 1 saturated heterocycles. The average Bonchev–Trinajstić information content (AvgIpc) is 3.13. The van der Waals surface area contributed by atoms with Gasteiger partial charge in [-0.15, -0.1) is 0 Å². The molecular weight excluding hydrogens is 391 g/mol. The maximum atomic E-state index is 13.4. The standard InChI is InChI=1S/C23H26ClFN2O2/c1-15(2)10-11-26-22(28)21-14-27(23(29)17-4-3-5-18(24)12-17)13-20(21)16-6-8-19(25)9-7-16/h3-9,12,15,20-21H,10-11,13-14H2,1-2H3,(H,26,28). The number of hydrogen-bond donors (Lipinski definition) is 1. The van der Waals surface area contributed by atoms with Crippen molar-refractivity contribution in [2.45, 2.75) is 26.2 Å². The van der Waals surface area contributed by atoms with Crippen LogP contribution in [0.25, 0.3) is 0 Å². The van der Waals surface area contributed by atoms with Gasteiger partial charge in [-0.3, -0.25) is 9.59 Å². The zero-order valence-corrected chi connectivity index (χ0v) is 17.5. The third kappa shape index (κ3) is 5.36. The molecule has 2 unspecified atom stereocenters. The molecule has 2 atom stereocenters. The number of hydrogen-bond acceptors (Lipinski definition) is 2. The summed E-state index contributed by atoms with van der Waals surface area (Å²) >= 11 is 6.03. The first-order valence-corrected chi connectivity index (χ1v) is 10.3. The largest absolute Gasteiger partial charge is 0.356 e. The summed E-state index contributed by atoms with van der Waals surface area (Å²) in [5.74, 6) is -0.615. The highest BCUT2D eigenvalue weighted by Gasteiger charge is 2.40. The topological polar surface area (TPSA) is 49.4 Å². The second-order valence-corrected chi connectivity index (χ2v) is 8.40. The van der Waals surface area contributed by atoms with Gasteiger partial charge in [0.1, 0.15) is 5.82 Å². The van der Waals surface area contributed by atoms with Crippen LogP contribution >= 0.6 is 11.6 Å². The van der Waals surface area contributed by atoms with Gasteiger partial charge in [0.2, 0.25) is 5.91 Å². The second kappa shape index (κ2) is 9.40. The minimum absolute atomic E-state index is 0.0682. The Kier molecular flexibility index (Phi) is 6.91. The zero-order valence-electron chi connectivity index (χ0n) is 16.7. The molecule has 2 amide bonds. The number of halogens is 2. The fourth-order valence-electron chi connectivity index (χ4n) is 3.70. The minimum atomic E-state index is -0.379. The van der Waals surface area contributed by atoms with Crippen molar-refractivity contribution in [3.05, 3.63) is 70.5 Å². The van der Waals surface area contributed by atoms with E-state index in [0.717, 1.165) is 12.0 Å². The van der Waals surface area contributed by atoms with Crippen molar-refractivity contribution in [2.75, 3.05) is 19.6 Å². The van der Waals surface area contributed by atoms with Crippen LogP contribution in [0.4, 0.5) is 4.39 Å². The van der Waals surface area contributed by atoms with Crippen LogP contribution in [-0.4, -0.2) is 36.3 Å². The van der Waals surface area contributed by atoms with Gasteiger partial charge in [0.25, 0.3) is 5.91 Å². The van der Waals surface area contributed by atoms with Crippen molar-refractivity contribution in [1.29, 1.82) is 0 Å². The smallest absolute Gasteiger partial charge is 0.253 e. The van der Waals surface area contributed by atoms with Gasteiger partial charge in [0, 0.05) is 36.1 Å². The van der Waals surface area contributed by atoms with Crippen molar-refractivity contribution < 1.29 is 14.0 Å². The lowest BCUT2D eigenvalue weighted by Gasteiger charge is -2.18. The first kappa shape index (κ1) is 21.3. The Bertz CT molecular complexity index is 869. The Morgan fingerprint density at radius 3 is 2.55 bits per heavy atom. The third-order valence-corrected chi connectivity index (χ3v) is 5.57. The predicted octanol–water partition coefficient (Wildman–Crippen LogP) is 4.50. The molecule has 1 fully saturated rings. The highest BCUT2D eigenvalue weighted by atomic mass is 35.5. The summed E-state index contributed by atoms with van der Waals surface area (Å²) in [6.45, 7) is 5.54. The lowest BCUT2D eigenvalue weighted by atomic mass is 9.88. The van der Waals surface area contributed by atoms with Crippen LogP contribution in [-0.2, 0) is 4.79 Å². The Labute approximate surface area is 176 Å². The van der Waals surface area contributed by atoms with Crippen LogP contribution in [0.5, 0.6) is 0 Å². The number of rotatable bonds is 6. The Morgan fingerprint density at radius 1 is 1.17 bits per heavy atom. The van der Waals surface area contributed by atoms with E-state index in [2.05, 4.69) is 19.2 Å². The van der Waals surface area contributed by atoms with Gasteiger partial charge in [-0.1, -0.05) is 43.6 Å². The van der Waals surface area contributed by atoms with E-state index in [1.807, 2.05) is 0 Å². The summed E-state index contributed by atoms with van der Waals surface area (Å²) in [5, 5.41) is 3.50. The van der Waals surface area contributed by atoms with Crippen molar-refractivity contribution in [3.63, 3.8) is 0 Å². The fraction of sp³-hybridized carbons (Fsp3) is 0.391. The molecule has 1 aliphatic rings. The van der Waals surface area contributed by atoms with Crippen LogP contribution in [0.15, 0.2) is 48.5 Å². The van der Waals surface area contributed by atoms with E-state index in [1.165, 1.54) is 12.1 Å². The Morgan fingerprint density at radius 2 is 1.90 bits per heavy atom. The fourth-order valence-corrected chi connectivity index (χ4v) is 3.89. The van der Waals surface area contributed by atoms with Crippen LogP contribution < -0.4 is 5.32 Å². The number of likely N-dealkylation sites (tertiary alicyclic amines) is 1. The van der Waals surface area contributed by atoms with Gasteiger partial charge < -0.3 is 10.2 Å². The molecule has 2 aromatic carbocycles. The highest BCUT2D eigenvalue weighted by molar-refractivity contribution is 6.30. The van der Waals surface area contributed by atoms with E-state index in [4.69, 9.17) is 11.6 Å². The van der Waals surface area contributed by atoms with Crippen LogP contribution in [0.1, 0.15) is 42.1 Å². The van der Waals surface area contributed by atoms with E-state index in [9.17, 15) is 14.0 Å². The molecule has 0 aliphatic carbocycles. The van der Waals surface area contributed by atoms with E-state index < -0.39 is 0 Å². The maximum absolute atomic E-state index is 13.4. The summed E-state index contributed by atoms with van der Waals surface area (Å²) in [6, 6.07) is 13.0. The molecule has 1 N–H and O–H groups in total. The molecule has 0 saturated carbocycles. The summed E-state index contributed by atoms with van der Waals surface area (Å²) in [7, 11) is 0. The quantitative estimate of drug-likeness (QED) is 0.753. The van der Waals surface area contributed by atoms with E-state index in [-0.39, 0.29) is 29.5 Å². The molecule has 0 radical (unpaired) electrons. The van der Waals surface area contributed by atoms with Crippen LogP contribution in [0, 0.1) is 17.7 Å². The Hall–Kier alpha value is -2.40. The first-order valence-electron chi connectivity index (χ1n) is 9.93. The zero-order chi connectivity index (χ0) is 21.0.